The van der Waals surface area contributed by atoms with Crippen molar-refractivity contribution in [2.75, 3.05) is 0 Å². The number of carbonyl (C=O) groups excluding carboxylic acids is 1. The van der Waals surface area contributed by atoms with Crippen LogP contribution in [0.4, 0.5) is 0 Å². The number of amides is 1. The van der Waals surface area contributed by atoms with E-state index in [0.29, 0.717) is 12.5 Å². The first-order chi connectivity index (χ1) is 4.79. The Bertz CT molecular complexity index is 151. The van der Waals surface area contributed by atoms with Crippen LogP contribution in [0.5, 0.6) is 0 Å². The topological polar surface area (TPSA) is 29.1 Å². The molecular weight excluding hydrogens is 126 g/mol. The molecule has 1 unspecified atom stereocenters. The minimum Gasteiger partial charge on any atom is -0.353 e. The predicted molar refractivity (Wildman–Crippen MR) is 40.6 cm³/mol. The summed E-state index contributed by atoms with van der Waals surface area (Å²) in [6.45, 7) is 2.02. The molecule has 1 atom stereocenters. The van der Waals surface area contributed by atoms with E-state index in [9.17, 15) is 4.79 Å². The lowest BCUT2D eigenvalue weighted by Gasteiger charge is -2.13. The number of hydrogen-bond donors (Lipinski definition) is 1. The summed E-state index contributed by atoms with van der Waals surface area (Å²) in [6.07, 6.45) is 6.70. The fraction of sp³-hybridized carbons (Fsp3) is 0.625. The minimum absolute atomic E-state index is 0.178. The summed E-state index contributed by atoms with van der Waals surface area (Å²) < 4.78 is 0. The second-order valence-corrected chi connectivity index (χ2v) is 2.71. The minimum atomic E-state index is 0.178. The van der Waals surface area contributed by atoms with Crippen LogP contribution in [0.3, 0.4) is 0 Å². The Kier molecular flexibility index (Phi) is 2.49. The van der Waals surface area contributed by atoms with Crippen LogP contribution in [-0.4, -0.2) is 11.9 Å². The number of nitrogens with one attached hydrogen (secondary N) is 1. The largest absolute Gasteiger partial charge is 0.353 e. The molecule has 1 N–H and O–H groups in total. The second kappa shape index (κ2) is 3.40. The van der Waals surface area contributed by atoms with E-state index in [4.69, 9.17) is 0 Å². The summed E-state index contributed by atoms with van der Waals surface area (Å²) in [7, 11) is 0. The maximum atomic E-state index is 10.9. The van der Waals surface area contributed by atoms with Crippen LogP contribution >= 0.6 is 0 Å². The van der Waals surface area contributed by atoms with Gasteiger partial charge in [0.1, 0.15) is 0 Å². The molecule has 56 valence electrons. The van der Waals surface area contributed by atoms with Gasteiger partial charge >= 0.3 is 0 Å². The Balaban J connectivity index is 2.46. The highest BCUT2D eigenvalue weighted by atomic mass is 16.1. The molecule has 1 rings (SSSR count). The molecule has 2 heteroatoms. The summed E-state index contributed by atoms with van der Waals surface area (Å²) >= 11 is 0. The first kappa shape index (κ1) is 7.32. The van der Waals surface area contributed by atoms with Crippen LogP contribution in [-0.2, 0) is 4.79 Å². The van der Waals surface area contributed by atoms with Crippen LogP contribution in [0.15, 0.2) is 12.2 Å². The van der Waals surface area contributed by atoms with Crippen LogP contribution < -0.4 is 5.32 Å². The van der Waals surface area contributed by atoms with Crippen molar-refractivity contribution in [3.8, 4) is 0 Å². The Morgan fingerprint density at radius 2 is 2.40 bits per heavy atom. The third-order valence-corrected chi connectivity index (χ3v) is 1.60. The van der Waals surface area contributed by atoms with Gasteiger partial charge in [0, 0.05) is 12.5 Å². The third-order valence-electron chi connectivity index (χ3n) is 1.60. The molecule has 0 aromatic heterocycles. The van der Waals surface area contributed by atoms with Crippen molar-refractivity contribution in [1.29, 1.82) is 0 Å². The van der Waals surface area contributed by atoms with Crippen molar-refractivity contribution in [2.45, 2.75) is 32.2 Å². The lowest BCUT2D eigenvalue weighted by Crippen LogP contribution is -2.32. The zero-order valence-corrected chi connectivity index (χ0v) is 6.26. The molecule has 10 heavy (non-hydrogen) atoms. The molecule has 0 aliphatic carbocycles. The highest BCUT2D eigenvalue weighted by molar-refractivity contribution is 5.76. The first-order valence-corrected chi connectivity index (χ1v) is 3.73. The first-order valence-electron chi connectivity index (χ1n) is 3.73. The van der Waals surface area contributed by atoms with Crippen LogP contribution in [0.1, 0.15) is 26.2 Å². The van der Waals surface area contributed by atoms with Crippen molar-refractivity contribution in [3.05, 3.63) is 12.2 Å². The van der Waals surface area contributed by atoms with Gasteiger partial charge in [-0.3, -0.25) is 4.79 Å². The summed E-state index contributed by atoms with van der Waals surface area (Å²) in [5, 5.41) is 2.89. The third kappa shape index (κ3) is 2.21. The Labute approximate surface area is 61.3 Å². The summed E-state index contributed by atoms with van der Waals surface area (Å²) in [5.41, 5.74) is 0. The SMILES string of the molecule is CC1C/C=C\CCC(=O)N1. The Hall–Kier alpha value is -0.790. The van der Waals surface area contributed by atoms with Gasteiger partial charge in [0.25, 0.3) is 0 Å². The van der Waals surface area contributed by atoms with Gasteiger partial charge in [0.15, 0.2) is 0 Å². The molecule has 1 amide bonds. The van der Waals surface area contributed by atoms with Gasteiger partial charge < -0.3 is 5.32 Å². The van der Waals surface area contributed by atoms with Crippen LogP contribution in [0, 0.1) is 0 Å². The molecule has 0 radical (unpaired) electrons. The molecule has 1 aliphatic heterocycles. The molecule has 1 heterocycles. The fourth-order valence-corrected chi connectivity index (χ4v) is 1.04. The highest BCUT2D eigenvalue weighted by Gasteiger charge is 2.06. The average molecular weight is 139 g/mol. The van der Waals surface area contributed by atoms with Gasteiger partial charge in [-0.25, -0.2) is 0 Å². The molecule has 2 nitrogen and oxygen atoms in total. The zero-order valence-electron chi connectivity index (χ0n) is 6.26. The average Bonchev–Trinajstić information content (AvgIpc) is 1.83. The molecular formula is C8H13NO. The summed E-state index contributed by atoms with van der Waals surface area (Å²) in [4.78, 5) is 10.9. The zero-order chi connectivity index (χ0) is 7.40. The molecule has 0 aromatic carbocycles. The van der Waals surface area contributed by atoms with Gasteiger partial charge in [0.05, 0.1) is 0 Å². The van der Waals surface area contributed by atoms with Crippen molar-refractivity contribution in [1.82, 2.24) is 5.32 Å². The number of allylic oxidation sites excluding steroid dienone is 1. The second-order valence-electron chi connectivity index (χ2n) is 2.71. The van der Waals surface area contributed by atoms with Gasteiger partial charge in [-0.1, -0.05) is 12.2 Å². The fourth-order valence-electron chi connectivity index (χ4n) is 1.04. The van der Waals surface area contributed by atoms with E-state index in [0.717, 1.165) is 12.8 Å². The Morgan fingerprint density at radius 1 is 1.60 bits per heavy atom. The van der Waals surface area contributed by atoms with Crippen LogP contribution in [0.2, 0.25) is 0 Å². The molecule has 0 fully saturated rings. The monoisotopic (exact) mass is 139 g/mol. The maximum Gasteiger partial charge on any atom is 0.220 e. The molecule has 0 aromatic rings. The quantitative estimate of drug-likeness (QED) is 0.502. The van der Waals surface area contributed by atoms with E-state index in [1.165, 1.54) is 0 Å². The van der Waals surface area contributed by atoms with Crippen molar-refractivity contribution >= 4 is 5.91 Å². The lowest BCUT2D eigenvalue weighted by atomic mass is 10.1. The molecule has 1 aliphatic rings. The normalized spacial score (nSPS) is 30.1. The van der Waals surface area contributed by atoms with Crippen molar-refractivity contribution in [2.24, 2.45) is 0 Å². The number of rotatable bonds is 0. The van der Waals surface area contributed by atoms with E-state index in [1.54, 1.807) is 0 Å². The number of hydrogen-bond acceptors (Lipinski definition) is 1. The standard InChI is InChI=1S/C8H13NO/c1-7-5-3-2-4-6-8(10)9-7/h2-3,7H,4-6H2,1H3,(H,9,10)/b3-2-. The molecule has 0 bridgehead atoms. The molecule has 0 spiro atoms. The van der Waals surface area contributed by atoms with E-state index in [1.807, 2.05) is 6.92 Å². The summed E-state index contributed by atoms with van der Waals surface area (Å²) in [5.74, 6) is 0.178. The van der Waals surface area contributed by atoms with E-state index >= 15 is 0 Å². The Morgan fingerprint density at radius 3 is 3.20 bits per heavy atom. The number of carbonyl (C=O) groups is 1. The van der Waals surface area contributed by atoms with E-state index < -0.39 is 0 Å². The van der Waals surface area contributed by atoms with Gasteiger partial charge in [-0.2, -0.15) is 0 Å². The molecule has 0 saturated carbocycles. The van der Waals surface area contributed by atoms with Gasteiger partial charge in [0.2, 0.25) is 5.91 Å². The maximum absolute atomic E-state index is 10.9. The predicted octanol–water partition coefficient (Wildman–Crippen LogP) is 1.23. The van der Waals surface area contributed by atoms with Crippen molar-refractivity contribution < 1.29 is 4.79 Å². The summed E-state index contributed by atoms with van der Waals surface area (Å²) in [6, 6.07) is 0.309. The molecule has 0 saturated heterocycles. The van der Waals surface area contributed by atoms with Gasteiger partial charge in [-0.05, 0) is 19.8 Å². The van der Waals surface area contributed by atoms with Gasteiger partial charge in [-0.15, -0.1) is 0 Å². The van der Waals surface area contributed by atoms with E-state index in [2.05, 4.69) is 17.5 Å². The lowest BCUT2D eigenvalue weighted by molar-refractivity contribution is -0.121. The van der Waals surface area contributed by atoms with E-state index in [-0.39, 0.29) is 5.91 Å². The highest BCUT2D eigenvalue weighted by Crippen LogP contribution is 2.01. The van der Waals surface area contributed by atoms with Crippen molar-refractivity contribution in [3.63, 3.8) is 0 Å². The van der Waals surface area contributed by atoms with Crippen LogP contribution in [0.25, 0.3) is 0 Å². The smallest absolute Gasteiger partial charge is 0.220 e.